The predicted octanol–water partition coefficient (Wildman–Crippen LogP) is 2.30. The molecule has 8 rings (SSSR count). The summed E-state index contributed by atoms with van der Waals surface area (Å²) in [5.41, 5.74) is 4.67. The van der Waals surface area contributed by atoms with E-state index in [-0.39, 0.29) is 24.3 Å². The molecule has 0 bridgehead atoms. The monoisotopic (exact) mass is 595 g/mol. The van der Waals surface area contributed by atoms with Crippen molar-refractivity contribution in [3.8, 4) is 0 Å². The lowest BCUT2D eigenvalue weighted by atomic mass is 9.79. The summed E-state index contributed by atoms with van der Waals surface area (Å²) < 4.78 is 6.25. The average molecular weight is 596 g/mol. The molecule has 0 spiro atoms. The highest BCUT2D eigenvalue weighted by atomic mass is 16.7. The predicted molar refractivity (Wildman–Crippen MR) is 163 cm³/mol. The number of piperazine rings is 1. The molecule has 2 aromatic carbocycles. The number of carbonyl (C=O) groups excluding carboxylic acids is 3. The Morgan fingerprint density at radius 2 is 1.98 bits per heavy atom. The van der Waals surface area contributed by atoms with Gasteiger partial charge in [-0.25, -0.2) is 0 Å². The van der Waals surface area contributed by atoms with Crippen LogP contribution in [0.15, 0.2) is 54.7 Å². The van der Waals surface area contributed by atoms with Gasteiger partial charge in [0.25, 0.3) is 11.8 Å². The van der Waals surface area contributed by atoms with Gasteiger partial charge in [-0.3, -0.25) is 28.9 Å². The lowest BCUT2D eigenvalue weighted by Gasteiger charge is -2.48. The number of ether oxygens (including phenoxy) is 1. The van der Waals surface area contributed by atoms with Gasteiger partial charge in [0, 0.05) is 42.7 Å². The van der Waals surface area contributed by atoms with Crippen LogP contribution in [-0.2, 0) is 32.0 Å². The zero-order valence-corrected chi connectivity index (χ0v) is 25.2. The summed E-state index contributed by atoms with van der Waals surface area (Å²) in [5.74, 6) is -3.77. The molecule has 4 aliphatic heterocycles. The van der Waals surface area contributed by atoms with Gasteiger partial charge < -0.3 is 20.3 Å². The smallest absolute Gasteiger partial charge is 0.280 e. The number of rotatable bonds is 4. The first-order chi connectivity index (χ1) is 21.1. The van der Waals surface area contributed by atoms with Crippen LogP contribution in [0.5, 0.6) is 0 Å². The van der Waals surface area contributed by atoms with E-state index in [0.29, 0.717) is 25.9 Å². The summed E-state index contributed by atoms with van der Waals surface area (Å²) in [5, 5.41) is 16.2. The van der Waals surface area contributed by atoms with Gasteiger partial charge in [0.2, 0.25) is 17.5 Å². The fourth-order valence-corrected chi connectivity index (χ4v) is 8.23. The average Bonchev–Trinajstić information content (AvgIpc) is 3.70. The van der Waals surface area contributed by atoms with Gasteiger partial charge in [-0.15, -0.1) is 0 Å². The highest BCUT2D eigenvalue weighted by Crippen LogP contribution is 2.46. The first-order valence-electron chi connectivity index (χ1n) is 15.5. The number of aromatic nitrogens is 1. The number of hydrogen-bond acceptors (Lipinski definition) is 6. The highest BCUT2D eigenvalue weighted by molar-refractivity contribution is 6.00. The number of benzene rings is 2. The summed E-state index contributed by atoms with van der Waals surface area (Å²) in [4.78, 5) is 50.4. The van der Waals surface area contributed by atoms with Crippen LogP contribution in [0.4, 0.5) is 0 Å². The molecule has 3 fully saturated rings. The maximum absolute atomic E-state index is 14.2. The van der Waals surface area contributed by atoms with Crippen molar-refractivity contribution in [2.75, 3.05) is 20.1 Å². The van der Waals surface area contributed by atoms with Crippen LogP contribution >= 0.6 is 0 Å². The van der Waals surface area contributed by atoms with Crippen molar-refractivity contribution in [1.82, 2.24) is 25.0 Å². The number of likely N-dealkylation sites (N-methyl/N-ethyl adjacent to an activating group) is 1. The molecule has 0 radical (unpaired) electrons. The molecule has 5 aliphatic rings. The molecule has 228 valence electrons. The van der Waals surface area contributed by atoms with Gasteiger partial charge in [-0.05, 0) is 68.5 Å². The first kappa shape index (κ1) is 27.6. The van der Waals surface area contributed by atoms with Gasteiger partial charge in [0.1, 0.15) is 12.1 Å². The minimum atomic E-state index is -2.05. The number of hydrogen-bond donors (Lipinski definition) is 3. The maximum Gasteiger partial charge on any atom is 0.280 e. The Kier molecular flexibility index (Phi) is 5.95. The minimum absolute atomic E-state index is 0.143. The summed E-state index contributed by atoms with van der Waals surface area (Å²) in [6.07, 6.45) is 6.38. The molecular weight excluding hydrogens is 558 g/mol. The molecule has 6 atom stereocenters. The van der Waals surface area contributed by atoms with Crippen molar-refractivity contribution < 1.29 is 24.2 Å². The van der Waals surface area contributed by atoms with Crippen molar-refractivity contribution in [3.63, 3.8) is 0 Å². The van der Waals surface area contributed by atoms with Crippen LogP contribution in [0.1, 0.15) is 42.0 Å². The largest absolute Gasteiger partial charge is 0.361 e. The number of nitrogens with zero attached hydrogens (tertiary/aromatic N) is 3. The van der Waals surface area contributed by atoms with Crippen LogP contribution < -0.4 is 5.32 Å². The number of aliphatic hydroxyl groups is 1. The van der Waals surface area contributed by atoms with Crippen molar-refractivity contribution in [2.45, 2.75) is 69.3 Å². The van der Waals surface area contributed by atoms with E-state index < -0.39 is 35.5 Å². The number of aryl methyl sites for hydroxylation is 1. The Hall–Kier alpha value is -3.99. The molecule has 10 heteroatoms. The fourth-order valence-electron chi connectivity index (χ4n) is 8.23. The number of fused-ring (bicyclic) bond motifs is 5. The van der Waals surface area contributed by atoms with Gasteiger partial charge >= 0.3 is 0 Å². The van der Waals surface area contributed by atoms with E-state index in [2.05, 4.69) is 33.5 Å². The highest BCUT2D eigenvalue weighted by Gasteiger charge is 2.70. The lowest BCUT2D eigenvalue weighted by molar-refractivity contribution is -0.315. The molecule has 1 aromatic heterocycles. The standard InChI is InChI=1S/C34H37N5O5/c1-19-9-11-20(12-10-19)14-27-31(41)38-13-5-8-28(38)34(43)39(27)32(42)33(2,44-34)36-30(40)22-15-24-23-6-4-7-25-29(23)21(17-35-25)16-26(24)37(3)18-22/h4,6-7,9-12,15,17,22,26-28,35,43H,5,8,13-14,16,18H2,1-3H3,(H,36,40). The Labute approximate surface area is 255 Å². The van der Waals surface area contributed by atoms with Crippen molar-refractivity contribution in [1.29, 1.82) is 0 Å². The fraction of sp³-hybridized carbons (Fsp3) is 0.441. The summed E-state index contributed by atoms with van der Waals surface area (Å²) in [6, 6.07) is 12.5. The first-order valence-corrected chi connectivity index (χ1v) is 15.5. The molecule has 1 aliphatic carbocycles. The van der Waals surface area contributed by atoms with Crippen LogP contribution in [0.3, 0.4) is 0 Å². The minimum Gasteiger partial charge on any atom is -0.361 e. The molecule has 3 saturated heterocycles. The SMILES string of the molecule is Cc1ccc(CC2C(=O)N3CCCC3C3(O)OC(C)(NC(=O)C4C=C5c6cccc7[nH]cc(c67)CC5N(C)C4)C(=O)N23)cc1. The van der Waals surface area contributed by atoms with Crippen LogP contribution in [-0.4, -0.2) is 92.4 Å². The number of H-pyrrole nitrogens is 1. The van der Waals surface area contributed by atoms with E-state index in [1.807, 2.05) is 50.4 Å². The molecule has 5 heterocycles. The Morgan fingerprint density at radius 3 is 2.77 bits per heavy atom. The lowest BCUT2D eigenvalue weighted by Crippen LogP contribution is -2.71. The number of aromatic amines is 1. The van der Waals surface area contributed by atoms with Crippen molar-refractivity contribution in [2.24, 2.45) is 5.92 Å². The summed E-state index contributed by atoms with van der Waals surface area (Å²) in [6.45, 7) is 4.44. The number of carbonyl (C=O) groups is 3. The third-order valence-corrected chi connectivity index (χ3v) is 10.4. The van der Waals surface area contributed by atoms with Crippen molar-refractivity contribution >= 4 is 34.2 Å². The molecule has 44 heavy (non-hydrogen) atoms. The molecule has 3 N–H and O–H groups in total. The van der Waals surface area contributed by atoms with Gasteiger partial charge in [-0.2, -0.15) is 0 Å². The zero-order chi connectivity index (χ0) is 30.5. The quantitative estimate of drug-likeness (QED) is 0.426. The number of nitrogens with one attached hydrogen (secondary N) is 2. The molecule has 10 nitrogen and oxygen atoms in total. The molecule has 6 unspecified atom stereocenters. The van der Waals surface area contributed by atoms with Gasteiger partial charge in [0.15, 0.2) is 0 Å². The van der Waals surface area contributed by atoms with E-state index >= 15 is 0 Å². The normalized spacial score (nSPS) is 32.9. The van der Waals surface area contributed by atoms with Gasteiger partial charge in [0.05, 0.1) is 5.92 Å². The van der Waals surface area contributed by atoms with Crippen LogP contribution in [0, 0.1) is 12.8 Å². The van der Waals surface area contributed by atoms with E-state index in [1.165, 1.54) is 22.8 Å². The Morgan fingerprint density at radius 1 is 1.18 bits per heavy atom. The Balaban J connectivity index is 1.11. The van der Waals surface area contributed by atoms with E-state index in [1.54, 1.807) is 4.90 Å². The van der Waals surface area contributed by atoms with Crippen molar-refractivity contribution in [3.05, 3.63) is 77.0 Å². The van der Waals surface area contributed by atoms with E-state index in [4.69, 9.17) is 4.74 Å². The third kappa shape index (κ3) is 3.87. The topological polar surface area (TPSA) is 118 Å². The third-order valence-electron chi connectivity index (χ3n) is 10.4. The van der Waals surface area contributed by atoms with Crippen LogP contribution in [0.25, 0.3) is 16.5 Å². The number of amides is 3. The second-order valence-electron chi connectivity index (χ2n) is 13.3. The Bertz CT molecular complexity index is 1750. The molecule has 3 amide bonds. The summed E-state index contributed by atoms with van der Waals surface area (Å²) >= 11 is 0. The van der Waals surface area contributed by atoms with E-state index in [9.17, 15) is 19.5 Å². The molecule has 3 aromatic rings. The molecule has 0 saturated carbocycles. The second-order valence-corrected chi connectivity index (χ2v) is 13.3. The van der Waals surface area contributed by atoms with Crippen LogP contribution in [0.2, 0.25) is 0 Å². The van der Waals surface area contributed by atoms with Gasteiger partial charge in [-0.1, -0.05) is 48.0 Å². The molecular formula is C34H37N5O5. The zero-order valence-electron chi connectivity index (χ0n) is 25.2. The maximum atomic E-state index is 14.2. The van der Waals surface area contributed by atoms with E-state index in [0.717, 1.165) is 34.2 Å². The summed E-state index contributed by atoms with van der Waals surface area (Å²) in [7, 11) is 2.02. The second kappa shape index (κ2) is 9.50.